The lowest BCUT2D eigenvalue weighted by molar-refractivity contribution is -0.139. The van der Waals surface area contributed by atoms with E-state index in [0.717, 1.165) is 58.0 Å². The first-order chi connectivity index (χ1) is 10.2. The van der Waals surface area contributed by atoms with E-state index in [0.29, 0.717) is 0 Å². The number of unbranched alkanes of at least 4 members (excludes halogenated alkanes) is 9. The molecule has 0 aliphatic heterocycles. The van der Waals surface area contributed by atoms with Crippen molar-refractivity contribution >= 4 is 5.97 Å². The highest BCUT2D eigenvalue weighted by Crippen LogP contribution is 2.10. The molecule has 4 heteroatoms. The summed E-state index contributed by atoms with van der Waals surface area (Å²) >= 11 is 0. The van der Waals surface area contributed by atoms with E-state index in [9.17, 15) is 9.90 Å². The average Bonchev–Trinajstić information content (AvgIpc) is 2.47. The quantitative estimate of drug-likeness (QED) is 0.380. The number of carboxylic acids is 1. The van der Waals surface area contributed by atoms with Crippen LogP contribution in [-0.2, 0) is 4.79 Å². The fraction of sp³-hybridized carbons (Fsp3) is 0.941. The highest BCUT2D eigenvalue weighted by Gasteiger charge is 2.15. The summed E-state index contributed by atoms with van der Waals surface area (Å²) in [4.78, 5) is 11.2. The molecule has 0 heterocycles. The molecule has 126 valence electrons. The molecule has 0 aromatic carbocycles. The maximum absolute atomic E-state index is 11.2. The van der Waals surface area contributed by atoms with Crippen LogP contribution in [0.15, 0.2) is 0 Å². The normalized spacial score (nSPS) is 12.5. The number of carbonyl (C=O) groups is 1. The number of nitrogens with one attached hydrogen (secondary N) is 1. The van der Waals surface area contributed by atoms with Gasteiger partial charge in [-0.05, 0) is 32.4 Å². The van der Waals surface area contributed by atoms with Gasteiger partial charge in [0.25, 0.3) is 0 Å². The third-order valence-electron chi connectivity index (χ3n) is 3.92. The summed E-state index contributed by atoms with van der Waals surface area (Å²) in [6.07, 6.45) is 13.8. The average molecular weight is 300 g/mol. The van der Waals surface area contributed by atoms with Crippen LogP contribution in [0.1, 0.15) is 84.0 Å². The molecule has 0 aromatic heterocycles. The summed E-state index contributed by atoms with van der Waals surface area (Å²) in [6.45, 7) is 3.78. The first-order valence-corrected chi connectivity index (χ1v) is 8.88. The van der Waals surface area contributed by atoms with Crippen LogP contribution in [0.5, 0.6) is 0 Å². The van der Waals surface area contributed by atoms with E-state index in [1.807, 2.05) is 0 Å². The van der Waals surface area contributed by atoms with Crippen molar-refractivity contribution in [3.05, 3.63) is 0 Å². The van der Waals surface area contributed by atoms with Crippen molar-refractivity contribution in [2.24, 2.45) is 5.73 Å². The van der Waals surface area contributed by atoms with Gasteiger partial charge in [0.1, 0.15) is 6.04 Å². The third-order valence-corrected chi connectivity index (χ3v) is 3.92. The Morgan fingerprint density at radius 1 is 0.952 bits per heavy atom. The van der Waals surface area contributed by atoms with Crippen LogP contribution < -0.4 is 11.1 Å². The van der Waals surface area contributed by atoms with E-state index < -0.39 is 5.97 Å². The minimum Gasteiger partial charge on any atom is -0.480 e. The molecule has 0 spiro atoms. The number of rotatable bonds is 16. The summed E-state index contributed by atoms with van der Waals surface area (Å²) in [6, 6.07) is -0.366. The van der Waals surface area contributed by atoms with Crippen molar-refractivity contribution in [3.63, 3.8) is 0 Å². The maximum atomic E-state index is 11.2. The number of hydrogen-bond acceptors (Lipinski definition) is 3. The maximum Gasteiger partial charge on any atom is 0.320 e. The van der Waals surface area contributed by atoms with E-state index in [2.05, 4.69) is 12.2 Å². The van der Waals surface area contributed by atoms with Gasteiger partial charge in [-0.3, -0.25) is 4.79 Å². The van der Waals surface area contributed by atoms with Crippen molar-refractivity contribution in [2.75, 3.05) is 13.1 Å². The predicted molar refractivity (Wildman–Crippen MR) is 89.6 cm³/mol. The first-order valence-electron chi connectivity index (χ1n) is 8.88. The third kappa shape index (κ3) is 14.1. The van der Waals surface area contributed by atoms with Crippen LogP contribution >= 0.6 is 0 Å². The molecular weight excluding hydrogens is 264 g/mol. The fourth-order valence-corrected chi connectivity index (χ4v) is 2.52. The van der Waals surface area contributed by atoms with Crippen LogP contribution in [0.25, 0.3) is 0 Å². The second-order valence-corrected chi connectivity index (χ2v) is 5.96. The van der Waals surface area contributed by atoms with Gasteiger partial charge >= 0.3 is 5.97 Å². The van der Waals surface area contributed by atoms with Crippen LogP contribution in [0.2, 0.25) is 0 Å². The number of hydrogen-bond donors (Lipinski definition) is 3. The lowest BCUT2D eigenvalue weighted by Gasteiger charge is -2.14. The predicted octanol–water partition coefficient (Wildman–Crippen LogP) is 3.69. The van der Waals surface area contributed by atoms with Crippen LogP contribution in [-0.4, -0.2) is 30.2 Å². The Morgan fingerprint density at radius 3 is 2.14 bits per heavy atom. The summed E-state index contributed by atoms with van der Waals surface area (Å²) in [5, 5.41) is 12.4. The van der Waals surface area contributed by atoms with E-state index in [-0.39, 0.29) is 6.04 Å². The molecule has 21 heavy (non-hydrogen) atoms. The molecule has 0 amide bonds. The number of carboxylic acid groups (broad SMARTS) is 1. The molecule has 1 atom stereocenters. The molecule has 4 nitrogen and oxygen atoms in total. The van der Waals surface area contributed by atoms with Gasteiger partial charge in [-0.2, -0.15) is 0 Å². The zero-order valence-corrected chi connectivity index (χ0v) is 13.9. The minimum atomic E-state index is -0.706. The molecule has 0 aromatic rings. The van der Waals surface area contributed by atoms with Crippen molar-refractivity contribution in [1.29, 1.82) is 0 Å². The molecule has 4 N–H and O–H groups in total. The molecule has 0 bridgehead atoms. The standard InChI is InChI=1S/C17H36N2O2/c1-2-3-4-5-6-7-10-13-16(17(20)21)19-15-12-9-8-11-14-18/h16,19H,2-15,18H2,1H3,(H,20,21). The Bertz CT molecular complexity index is 235. The lowest BCUT2D eigenvalue weighted by Crippen LogP contribution is -2.37. The van der Waals surface area contributed by atoms with Crippen LogP contribution in [0, 0.1) is 0 Å². The second-order valence-electron chi connectivity index (χ2n) is 5.96. The molecule has 0 fully saturated rings. The van der Waals surface area contributed by atoms with Crippen molar-refractivity contribution in [2.45, 2.75) is 90.0 Å². The molecule has 0 radical (unpaired) electrons. The zero-order valence-electron chi connectivity index (χ0n) is 13.9. The second kappa shape index (κ2) is 15.8. The van der Waals surface area contributed by atoms with Crippen LogP contribution in [0.3, 0.4) is 0 Å². The Morgan fingerprint density at radius 2 is 1.52 bits per heavy atom. The summed E-state index contributed by atoms with van der Waals surface area (Å²) in [5.41, 5.74) is 5.44. The van der Waals surface area contributed by atoms with Crippen LogP contribution in [0.4, 0.5) is 0 Å². The van der Waals surface area contributed by atoms with Gasteiger partial charge in [0, 0.05) is 0 Å². The molecule has 0 aliphatic carbocycles. The van der Waals surface area contributed by atoms with Gasteiger partial charge in [0.05, 0.1) is 0 Å². The van der Waals surface area contributed by atoms with Crippen molar-refractivity contribution < 1.29 is 9.90 Å². The van der Waals surface area contributed by atoms with Gasteiger partial charge in [0.2, 0.25) is 0 Å². The topological polar surface area (TPSA) is 75.3 Å². The lowest BCUT2D eigenvalue weighted by atomic mass is 10.0. The molecule has 0 rings (SSSR count). The zero-order chi connectivity index (χ0) is 15.8. The number of aliphatic carboxylic acids is 1. The first kappa shape index (κ1) is 20.4. The van der Waals surface area contributed by atoms with Gasteiger partial charge in [-0.25, -0.2) is 0 Å². The van der Waals surface area contributed by atoms with Gasteiger partial charge in [-0.1, -0.05) is 64.7 Å². The summed E-state index contributed by atoms with van der Waals surface area (Å²) in [7, 11) is 0. The molecule has 1 unspecified atom stereocenters. The van der Waals surface area contributed by atoms with Crippen molar-refractivity contribution in [3.8, 4) is 0 Å². The van der Waals surface area contributed by atoms with Gasteiger partial charge < -0.3 is 16.2 Å². The highest BCUT2D eigenvalue weighted by atomic mass is 16.4. The molecule has 0 saturated carbocycles. The van der Waals surface area contributed by atoms with E-state index in [4.69, 9.17) is 5.73 Å². The Hall–Kier alpha value is -0.610. The monoisotopic (exact) mass is 300 g/mol. The Labute approximate surface area is 130 Å². The SMILES string of the molecule is CCCCCCCCCC(NCCCCCCN)C(=O)O. The number of nitrogens with two attached hydrogens (primary N) is 1. The highest BCUT2D eigenvalue weighted by molar-refractivity contribution is 5.73. The van der Waals surface area contributed by atoms with Gasteiger partial charge in [0.15, 0.2) is 0 Å². The smallest absolute Gasteiger partial charge is 0.320 e. The van der Waals surface area contributed by atoms with E-state index in [1.165, 1.54) is 32.1 Å². The summed E-state index contributed by atoms with van der Waals surface area (Å²) < 4.78 is 0. The molecule has 0 aliphatic rings. The summed E-state index contributed by atoms with van der Waals surface area (Å²) in [5.74, 6) is -0.706. The van der Waals surface area contributed by atoms with E-state index >= 15 is 0 Å². The van der Waals surface area contributed by atoms with E-state index in [1.54, 1.807) is 0 Å². The van der Waals surface area contributed by atoms with Crippen molar-refractivity contribution in [1.82, 2.24) is 5.32 Å². The van der Waals surface area contributed by atoms with Gasteiger partial charge in [-0.15, -0.1) is 0 Å². The Balaban J connectivity index is 3.52. The molecular formula is C17H36N2O2. The minimum absolute atomic E-state index is 0.366. The Kier molecular flexibility index (Phi) is 15.3. The fourth-order valence-electron chi connectivity index (χ4n) is 2.52. The molecule has 0 saturated heterocycles. The largest absolute Gasteiger partial charge is 0.480 e.